The number of nitrogens with zero attached hydrogens (tertiary/aromatic N) is 3. The number of rotatable bonds is 5. The van der Waals surface area contributed by atoms with Crippen molar-refractivity contribution in [3.63, 3.8) is 0 Å². The van der Waals surface area contributed by atoms with Crippen LogP contribution < -0.4 is 0 Å². The quantitative estimate of drug-likeness (QED) is 0.172. The van der Waals surface area contributed by atoms with Gasteiger partial charge < -0.3 is 0 Å². The Balaban J connectivity index is 1.16. The molecule has 0 unspecified atom stereocenters. The molecule has 0 aliphatic rings. The third-order valence-corrected chi connectivity index (χ3v) is 10.2. The van der Waals surface area contributed by atoms with Gasteiger partial charge in [-0.15, -0.1) is 0 Å². The minimum Gasteiger partial charge on any atom is -0.264 e. The van der Waals surface area contributed by atoms with E-state index in [0.717, 1.165) is 55.7 Å². The van der Waals surface area contributed by atoms with E-state index in [0.29, 0.717) is 5.82 Å². The van der Waals surface area contributed by atoms with Gasteiger partial charge in [-0.05, 0) is 89.6 Å². The lowest BCUT2D eigenvalue weighted by molar-refractivity contribution is 1.19. The van der Waals surface area contributed by atoms with Crippen LogP contribution in [0.15, 0.2) is 188 Å². The molecule has 10 aromatic rings. The number of hydrogen-bond donors (Lipinski definition) is 0. The van der Waals surface area contributed by atoms with Gasteiger partial charge in [0.05, 0.1) is 11.4 Å². The lowest BCUT2D eigenvalue weighted by Gasteiger charge is -2.15. The second kappa shape index (κ2) is 12.4. The Labute approximate surface area is 301 Å². The first-order valence-electron chi connectivity index (χ1n) is 17.6. The SMILES string of the molecule is c1cncc(-c2ccc(-c3ccc(-c4cc(-c5cc6ccccc6c6ccccc56)nc(-c5cc6ccccc6c6ccccc56)n4)cc3)cc2)c1. The number of hydrogen-bond acceptors (Lipinski definition) is 3. The first-order valence-corrected chi connectivity index (χ1v) is 17.6. The van der Waals surface area contributed by atoms with Crippen LogP contribution in [0.1, 0.15) is 0 Å². The lowest BCUT2D eigenvalue weighted by atomic mass is 9.94. The van der Waals surface area contributed by atoms with Gasteiger partial charge in [-0.1, -0.05) is 152 Å². The topological polar surface area (TPSA) is 38.7 Å². The molecule has 0 saturated heterocycles. The lowest BCUT2D eigenvalue weighted by Crippen LogP contribution is -1.98. The summed E-state index contributed by atoms with van der Waals surface area (Å²) in [5, 5.41) is 9.54. The molecule has 0 atom stereocenters. The number of pyridine rings is 1. The summed E-state index contributed by atoms with van der Waals surface area (Å²) in [6.07, 6.45) is 3.70. The fraction of sp³-hybridized carbons (Fsp3) is 0. The van der Waals surface area contributed by atoms with Crippen molar-refractivity contribution in [2.45, 2.75) is 0 Å². The summed E-state index contributed by atoms with van der Waals surface area (Å²) >= 11 is 0. The Hall–Kier alpha value is -6.97. The van der Waals surface area contributed by atoms with E-state index in [9.17, 15) is 0 Å². The standard InChI is InChI=1S/C49H31N3/c1-3-13-39-36(10-1)28-45(43-17-7-5-15-41(39)43)48-30-47(35-25-23-33(24-26-35)32-19-21-34(22-20-32)38-12-9-27-50-31-38)51-49(52-48)46-29-37-11-2-4-14-40(37)42-16-6-8-18-44(42)46/h1-31H. The molecule has 0 amide bonds. The van der Waals surface area contributed by atoms with Crippen molar-refractivity contribution in [3.05, 3.63) is 188 Å². The highest BCUT2D eigenvalue weighted by Crippen LogP contribution is 2.39. The summed E-state index contributed by atoms with van der Waals surface area (Å²) in [7, 11) is 0. The predicted molar refractivity (Wildman–Crippen MR) is 217 cm³/mol. The van der Waals surface area contributed by atoms with Crippen LogP contribution >= 0.6 is 0 Å². The van der Waals surface area contributed by atoms with Gasteiger partial charge in [-0.2, -0.15) is 0 Å². The Morgan fingerprint density at radius 3 is 1.35 bits per heavy atom. The van der Waals surface area contributed by atoms with Crippen LogP contribution in [0.3, 0.4) is 0 Å². The van der Waals surface area contributed by atoms with Crippen LogP contribution in [-0.4, -0.2) is 15.0 Å². The van der Waals surface area contributed by atoms with Gasteiger partial charge in [0, 0.05) is 29.1 Å². The molecule has 10 rings (SSSR count). The predicted octanol–water partition coefficient (Wildman–Crippen LogP) is 12.8. The van der Waals surface area contributed by atoms with Crippen molar-refractivity contribution >= 4 is 43.1 Å². The zero-order valence-corrected chi connectivity index (χ0v) is 28.2. The maximum atomic E-state index is 5.40. The van der Waals surface area contributed by atoms with Crippen LogP contribution in [0, 0.1) is 0 Å². The van der Waals surface area contributed by atoms with Crippen LogP contribution in [0.25, 0.3) is 99.2 Å². The molecule has 52 heavy (non-hydrogen) atoms. The molecule has 3 heteroatoms. The van der Waals surface area contributed by atoms with Crippen molar-refractivity contribution in [1.29, 1.82) is 0 Å². The zero-order chi connectivity index (χ0) is 34.4. The molecule has 2 aromatic heterocycles. The molecule has 2 heterocycles. The summed E-state index contributed by atoms with van der Waals surface area (Å²) in [6, 6.07) is 62.5. The zero-order valence-electron chi connectivity index (χ0n) is 28.2. The maximum Gasteiger partial charge on any atom is 0.161 e. The van der Waals surface area contributed by atoms with E-state index in [2.05, 4.69) is 175 Å². The van der Waals surface area contributed by atoms with Gasteiger partial charge in [-0.3, -0.25) is 4.98 Å². The normalized spacial score (nSPS) is 11.5. The molecule has 242 valence electrons. The van der Waals surface area contributed by atoms with Gasteiger partial charge in [0.25, 0.3) is 0 Å². The summed E-state index contributed by atoms with van der Waals surface area (Å²) in [4.78, 5) is 15.0. The minimum absolute atomic E-state index is 0.710. The highest BCUT2D eigenvalue weighted by Gasteiger charge is 2.17. The van der Waals surface area contributed by atoms with E-state index in [1.807, 2.05) is 12.3 Å². The average molecular weight is 662 g/mol. The Morgan fingerprint density at radius 2 is 0.769 bits per heavy atom. The van der Waals surface area contributed by atoms with E-state index in [4.69, 9.17) is 9.97 Å². The maximum absolute atomic E-state index is 5.40. The largest absolute Gasteiger partial charge is 0.264 e. The van der Waals surface area contributed by atoms with Crippen molar-refractivity contribution in [2.24, 2.45) is 0 Å². The van der Waals surface area contributed by atoms with Crippen LogP contribution in [0.2, 0.25) is 0 Å². The Bertz CT molecular complexity index is 2790. The fourth-order valence-electron chi connectivity index (χ4n) is 7.58. The summed E-state index contributed by atoms with van der Waals surface area (Å²) in [6.45, 7) is 0. The molecule has 0 radical (unpaired) electrons. The highest BCUT2D eigenvalue weighted by molar-refractivity contribution is 6.15. The van der Waals surface area contributed by atoms with Gasteiger partial charge >= 0.3 is 0 Å². The molecular formula is C49H31N3. The van der Waals surface area contributed by atoms with E-state index in [-0.39, 0.29) is 0 Å². The van der Waals surface area contributed by atoms with E-state index >= 15 is 0 Å². The first-order chi connectivity index (χ1) is 25.8. The summed E-state index contributed by atoms with van der Waals surface area (Å²) < 4.78 is 0. The van der Waals surface area contributed by atoms with Crippen LogP contribution in [0.5, 0.6) is 0 Å². The first kappa shape index (κ1) is 29.9. The van der Waals surface area contributed by atoms with E-state index in [1.54, 1.807) is 6.20 Å². The van der Waals surface area contributed by atoms with Gasteiger partial charge in [-0.25, -0.2) is 9.97 Å². The number of benzene rings is 8. The van der Waals surface area contributed by atoms with Crippen molar-refractivity contribution in [2.75, 3.05) is 0 Å². The molecule has 8 aromatic carbocycles. The van der Waals surface area contributed by atoms with Crippen molar-refractivity contribution in [3.8, 4) is 56.2 Å². The molecular weight excluding hydrogens is 631 g/mol. The smallest absolute Gasteiger partial charge is 0.161 e. The Kier molecular flexibility index (Phi) is 7.14. The molecule has 0 bridgehead atoms. The van der Waals surface area contributed by atoms with Crippen LogP contribution in [0.4, 0.5) is 0 Å². The summed E-state index contributed by atoms with van der Waals surface area (Å²) in [5.41, 5.74) is 9.50. The van der Waals surface area contributed by atoms with Crippen molar-refractivity contribution < 1.29 is 0 Å². The van der Waals surface area contributed by atoms with Crippen LogP contribution in [-0.2, 0) is 0 Å². The minimum atomic E-state index is 0.710. The molecule has 0 spiro atoms. The van der Waals surface area contributed by atoms with E-state index < -0.39 is 0 Å². The molecule has 0 aliphatic carbocycles. The highest BCUT2D eigenvalue weighted by atomic mass is 14.9. The second-order valence-corrected chi connectivity index (χ2v) is 13.2. The molecule has 0 fully saturated rings. The molecule has 0 aliphatic heterocycles. The van der Waals surface area contributed by atoms with Gasteiger partial charge in [0.15, 0.2) is 5.82 Å². The number of aromatic nitrogens is 3. The number of fused-ring (bicyclic) bond motifs is 6. The van der Waals surface area contributed by atoms with Crippen molar-refractivity contribution in [1.82, 2.24) is 15.0 Å². The molecule has 0 saturated carbocycles. The average Bonchev–Trinajstić information content (AvgIpc) is 3.23. The fourth-order valence-corrected chi connectivity index (χ4v) is 7.58. The molecule has 0 N–H and O–H groups in total. The third kappa shape index (κ3) is 5.19. The van der Waals surface area contributed by atoms with Gasteiger partial charge in [0.1, 0.15) is 0 Å². The Morgan fingerprint density at radius 1 is 0.308 bits per heavy atom. The van der Waals surface area contributed by atoms with Gasteiger partial charge in [0.2, 0.25) is 0 Å². The monoisotopic (exact) mass is 661 g/mol. The second-order valence-electron chi connectivity index (χ2n) is 13.2. The van der Waals surface area contributed by atoms with E-state index in [1.165, 1.54) is 37.7 Å². The summed E-state index contributed by atoms with van der Waals surface area (Å²) in [5.74, 6) is 0.710. The molecule has 3 nitrogen and oxygen atoms in total. The third-order valence-electron chi connectivity index (χ3n) is 10.2.